The van der Waals surface area contributed by atoms with Crippen LogP contribution >= 0.6 is 0 Å². The third-order valence-electron chi connectivity index (χ3n) is 5.78. The highest BCUT2D eigenvalue weighted by molar-refractivity contribution is 6.34. The van der Waals surface area contributed by atoms with Crippen LogP contribution in [0.3, 0.4) is 0 Å². The maximum Gasteiger partial charge on any atom is 0.325 e. The lowest BCUT2D eigenvalue weighted by Crippen LogP contribution is -2.53. The number of carbonyl (C=O) groups excluding carboxylic acids is 4. The van der Waals surface area contributed by atoms with E-state index in [1.54, 1.807) is 50.2 Å². The molecule has 0 amide bonds. The van der Waals surface area contributed by atoms with Crippen molar-refractivity contribution >= 4 is 29.2 Å². The highest BCUT2D eigenvalue weighted by atomic mass is 16.5. The molecule has 1 heterocycles. The van der Waals surface area contributed by atoms with E-state index in [9.17, 15) is 24.3 Å². The second-order valence-electron chi connectivity index (χ2n) is 8.03. The lowest BCUT2D eigenvalue weighted by Gasteiger charge is -2.34. The number of nitrogens with zero attached hydrogens (tertiary/aromatic N) is 1. The molecule has 0 bridgehead atoms. The van der Waals surface area contributed by atoms with Crippen LogP contribution in [0.25, 0.3) is 5.70 Å². The van der Waals surface area contributed by atoms with Gasteiger partial charge in [-0.15, -0.1) is 0 Å². The van der Waals surface area contributed by atoms with E-state index in [-0.39, 0.29) is 30.0 Å². The fourth-order valence-electron chi connectivity index (χ4n) is 4.03. The Labute approximate surface area is 214 Å². The van der Waals surface area contributed by atoms with Crippen LogP contribution < -0.4 is 9.47 Å². The average Bonchev–Trinajstić information content (AvgIpc) is 3.10. The van der Waals surface area contributed by atoms with Gasteiger partial charge in [-0.05, 0) is 67.9 Å². The summed E-state index contributed by atoms with van der Waals surface area (Å²) >= 11 is 0. The third kappa shape index (κ3) is 5.64. The molecule has 0 fully saturated rings. The summed E-state index contributed by atoms with van der Waals surface area (Å²) in [6.07, 6.45) is -0.807. The first kappa shape index (κ1) is 27.4. The molecule has 0 saturated carbocycles. The fraction of sp³-hybridized carbons (Fsp3) is 0.333. The first-order chi connectivity index (χ1) is 17.7. The van der Waals surface area contributed by atoms with Crippen LogP contribution in [0.2, 0.25) is 0 Å². The number of hydrogen-bond acceptors (Lipinski definition) is 10. The monoisotopic (exact) mass is 511 g/mol. The van der Waals surface area contributed by atoms with Crippen molar-refractivity contribution in [2.45, 2.75) is 26.0 Å². The highest BCUT2D eigenvalue weighted by Gasteiger charge is 2.56. The Bertz CT molecular complexity index is 1200. The van der Waals surface area contributed by atoms with Crippen molar-refractivity contribution in [3.8, 4) is 11.5 Å². The molecule has 37 heavy (non-hydrogen) atoms. The Hall–Kier alpha value is -4.18. The van der Waals surface area contributed by atoms with Crippen molar-refractivity contribution in [1.82, 2.24) is 4.90 Å². The third-order valence-corrected chi connectivity index (χ3v) is 5.78. The summed E-state index contributed by atoms with van der Waals surface area (Å²) in [6, 6.07) is 12.4. The maximum atomic E-state index is 13.8. The SMILES string of the molecule is CCOC(=O)CN1C(c2ccc(OC)cc2)=C(C(=O)c2ccc(OC)cc2)C(=O)C1(O)CC(=O)OCC. The molecule has 0 radical (unpaired) electrons. The summed E-state index contributed by atoms with van der Waals surface area (Å²) in [4.78, 5) is 53.5. The summed E-state index contributed by atoms with van der Waals surface area (Å²) < 4.78 is 20.4. The maximum absolute atomic E-state index is 13.8. The highest BCUT2D eigenvalue weighted by Crippen LogP contribution is 2.42. The van der Waals surface area contributed by atoms with Gasteiger partial charge in [0.25, 0.3) is 0 Å². The first-order valence-electron chi connectivity index (χ1n) is 11.6. The van der Waals surface area contributed by atoms with E-state index < -0.39 is 42.2 Å². The van der Waals surface area contributed by atoms with E-state index in [0.29, 0.717) is 17.1 Å². The number of ether oxygens (including phenoxy) is 4. The number of ketones is 2. The first-order valence-corrected chi connectivity index (χ1v) is 11.6. The van der Waals surface area contributed by atoms with Crippen molar-refractivity contribution in [2.75, 3.05) is 34.0 Å². The van der Waals surface area contributed by atoms with Crippen LogP contribution in [0.4, 0.5) is 0 Å². The van der Waals surface area contributed by atoms with Crippen molar-refractivity contribution in [3.63, 3.8) is 0 Å². The van der Waals surface area contributed by atoms with Gasteiger partial charge in [-0.2, -0.15) is 0 Å². The van der Waals surface area contributed by atoms with Gasteiger partial charge in [0.1, 0.15) is 24.5 Å². The molecule has 0 spiro atoms. The summed E-state index contributed by atoms with van der Waals surface area (Å²) in [5.41, 5.74) is -2.48. The van der Waals surface area contributed by atoms with Gasteiger partial charge < -0.3 is 29.0 Å². The van der Waals surface area contributed by atoms with Gasteiger partial charge >= 0.3 is 11.9 Å². The second-order valence-corrected chi connectivity index (χ2v) is 8.03. The van der Waals surface area contributed by atoms with Crippen LogP contribution in [-0.2, 0) is 23.9 Å². The van der Waals surface area contributed by atoms with Crippen LogP contribution in [0.1, 0.15) is 36.2 Å². The van der Waals surface area contributed by atoms with Gasteiger partial charge in [-0.1, -0.05) is 0 Å². The zero-order valence-electron chi connectivity index (χ0n) is 21.1. The minimum atomic E-state index is -2.56. The van der Waals surface area contributed by atoms with E-state index in [0.717, 1.165) is 4.90 Å². The smallest absolute Gasteiger partial charge is 0.325 e. The molecule has 1 aliphatic rings. The van der Waals surface area contributed by atoms with E-state index in [1.165, 1.54) is 26.4 Å². The van der Waals surface area contributed by atoms with Crippen molar-refractivity contribution < 1.29 is 43.2 Å². The minimum absolute atomic E-state index is 0.0113. The largest absolute Gasteiger partial charge is 0.497 e. The van der Waals surface area contributed by atoms with Crippen LogP contribution in [0.5, 0.6) is 11.5 Å². The van der Waals surface area contributed by atoms with Crippen LogP contribution in [0.15, 0.2) is 54.1 Å². The molecule has 3 rings (SSSR count). The van der Waals surface area contributed by atoms with E-state index >= 15 is 0 Å². The number of esters is 2. The van der Waals surface area contributed by atoms with Gasteiger partial charge in [0.15, 0.2) is 5.78 Å². The van der Waals surface area contributed by atoms with Crippen molar-refractivity contribution in [1.29, 1.82) is 0 Å². The number of rotatable bonds is 11. The van der Waals surface area contributed by atoms with Gasteiger partial charge in [0.05, 0.1) is 38.7 Å². The van der Waals surface area contributed by atoms with Crippen LogP contribution in [-0.4, -0.2) is 73.2 Å². The predicted octanol–water partition coefficient (Wildman–Crippen LogP) is 2.39. The Kier molecular flexibility index (Phi) is 8.67. The van der Waals surface area contributed by atoms with Gasteiger partial charge in [0, 0.05) is 5.56 Å². The van der Waals surface area contributed by atoms with Crippen LogP contribution in [0, 0.1) is 0 Å². The Balaban J connectivity index is 2.23. The van der Waals surface area contributed by atoms with Gasteiger partial charge in [-0.3, -0.25) is 19.2 Å². The molecular formula is C27H29NO9. The molecule has 10 nitrogen and oxygen atoms in total. The summed E-state index contributed by atoms with van der Waals surface area (Å²) in [6.45, 7) is 2.65. The molecule has 1 unspecified atom stereocenters. The molecule has 0 aromatic heterocycles. The van der Waals surface area contributed by atoms with Crippen molar-refractivity contribution in [2.24, 2.45) is 0 Å². The molecule has 1 aliphatic heterocycles. The molecular weight excluding hydrogens is 482 g/mol. The Morgan fingerprint density at radius 3 is 1.86 bits per heavy atom. The zero-order valence-corrected chi connectivity index (χ0v) is 21.1. The topological polar surface area (TPSA) is 129 Å². The molecule has 1 N–H and O–H groups in total. The normalized spacial score (nSPS) is 17.0. The zero-order chi connectivity index (χ0) is 27.2. The molecule has 0 aliphatic carbocycles. The predicted molar refractivity (Wildman–Crippen MR) is 132 cm³/mol. The molecule has 10 heteroatoms. The van der Waals surface area contributed by atoms with Gasteiger partial charge in [0.2, 0.25) is 11.5 Å². The number of methoxy groups -OCH3 is 2. The lowest BCUT2D eigenvalue weighted by molar-refractivity contribution is -0.167. The standard InChI is InChI=1S/C27H29NO9/c1-5-36-21(29)15-27(33)26(32)23(25(31)18-9-13-20(35-4)14-10-18)24(28(27)16-22(30)37-6-2)17-7-11-19(34-3)12-8-17/h7-14,33H,5-6,15-16H2,1-4H3. The molecule has 2 aromatic rings. The summed E-state index contributed by atoms with van der Waals surface area (Å²) in [5, 5.41) is 11.6. The molecule has 1 atom stereocenters. The lowest BCUT2D eigenvalue weighted by atomic mass is 9.93. The Morgan fingerprint density at radius 1 is 0.838 bits per heavy atom. The summed E-state index contributed by atoms with van der Waals surface area (Å²) in [7, 11) is 2.96. The number of aliphatic hydroxyl groups is 1. The quantitative estimate of drug-likeness (QED) is 0.273. The van der Waals surface area contributed by atoms with E-state index in [1.807, 2.05) is 0 Å². The Morgan fingerprint density at radius 2 is 1.35 bits per heavy atom. The molecule has 0 saturated heterocycles. The second kappa shape index (κ2) is 11.7. The van der Waals surface area contributed by atoms with Crippen molar-refractivity contribution in [3.05, 3.63) is 65.2 Å². The van der Waals surface area contributed by atoms with E-state index in [2.05, 4.69) is 0 Å². The fourth-order valence-corrected chi connectivity index (χ4v) is 4.03. The number of carbonyl (C=O) groups is 4. The number of benzene rings is 2. The molecule has 196 valence electrons. The minimum Gasteiger partial charge on any atom is -0.497 e. The summed E-state index contributed by atoms with van der Waals surface area (Å²) in [5.74, 6) is -2.36. The number of Topliss-reactive ketones (excluding diaryl/α,β-unsaturated/α-hetero) is 2. The van der Waals surface area contributed by atoms with Gasteiger partial charge in [-0.25, -0.2) is 0 Å². The average molecular weight is 512 g/mol. The van der Waals surface area contributed by atoms with E-state index in [4.69, 9.17) is 18.9 Å². The molecule has 2 aromatic carbocycles. The number of hydrogen-bond donors (Lipinski definition) is 1.